The number of nitrogens with zero attached hydrogens (tertiary/aromatic N) is 1. The number of hydrogen-bond donors (Lipinski definition) is 2. The van der Waals surface area contributed by atoms with Crippen LogP contribution in [0.25, 0.3) is 0 Å². The quantitative estimate of drug-likeness (QED) is 0.688. The lowest BCUT2D eigenvalue weighted by molar-refractivity contribution is -0.128. The molecule has 1 fully saturated rings. The number of fused-ring (bicyclic) bond motifs is 5. The Labute approximate surface area is 175 Å². The van der Waals surface area contributed by atoms with E-state index >= 15 is 0 Å². The zero-order valence-corrected chi connectivity index (χ0v) is 17.4. The van der Waals surface area contributed by atoms with Gasteiger partial charge in [-0.3, -0.25) is 9.59 Å². The van der Waals surface area contributed by atoms with Gasteiger partial charge < -0.3 is 16.0 Å². The van der Waals surface area contributed by atoms with E-state index in [-0.39, 0.29) is 29.9 Å². The van der Waals surface area contributed by atoms with Crippen molar-refractivity contribution in [1.29, 1.82) is 0 Å². The van der Waals surface area contributed by atoms with Crippen LogP contribution in [0, 0.1) is 0 Å². The number of rotatable bonds is 7. The Morgan fingerprint density at radius 3 is 2.48 bits per heavy atom. The van der Waals surface area contributed by atoms with Gasteiger partial charge in [-0.05, 0) is 41.8 Å². The van der Waals surface area contributed by atoms with Crippen LogP contribution in [0.1, 0.15) is 54.3 Å². The monoisotopic (exact) mass is 409 g/mol. The Balaban J connectivity index is 1.36. The third-order valence-electron chi connectivity index (χ3n) is 5.93. The predicted octanol–water partition coefficient (Wildman–Crippen LogP) is 3.49. The maximum Gasteiger partial charge on any atom is 0.247 e. The second-order valence-corrected chi connectivity index (χ2v) is 8.79. The smallest absolute Gasteiger partial charge is 0.247 e. The highest BCUT2D eigenvalue weighted by molar-refractivity contribution is 7.09. The second-order valence-electron chi connectivity index (χ2n) is 7.76. The summed E-state index contributed by atoms with van der Waals surface area (Å²) in [7, 11) is 0. The molecule has 152 valence electrons. The van der Waals surface area contributed by atoms with Crippen LogP contribution in [-0.2, 0) is 16.0 Å². The van der Waals surface area contributed by atoms with Crippen LogP contribution in [0.5, 0.6) is 0 Å². The fourth-order valence-electron chi connectivity index (χ4n) is 4.45. The second kappa shape index (κ2) is 8.51. The van der Waals surface area contributed by atoms with E-state index in [0.717, 1.165) is 17.7 Å². The van der Waals surface area contributed by atoms with Crippen LogP contribution in [0.3, 0.4) is 0 Å². The summed E-state index contributed by atoms with van der Waals surface area (Å²) in [6.07, 6.45) is 6.70. The van der Waals surface area contributed by atoms with Crippen molar-refractivity contribution in [2.45, 2.75) is 56.8 Å². The molecule has 2 aliphatic heterocycles. The molecule has 3 heterocycles. The Morgan fingerprint density at radius 1 is 1.21 bits per heavy atom. The van der Waals surface area contributed by atoms with E-state index in [2.05, 4.69) is 17.4 Å². The van der Waals surface area contributed by atoms with Crippen LogP contribution < -0.4 is 11.1 Å². The van der Waals surface area contributed by atoms with Crippen molar-refractivity contribution in [3.05, 3.63) is 69.9 Å². The van der Waals surface area contributed by atoms with Crippen molar-refractivity contribution in [3.8, 4) is 0 Å². The van der Waals surface area contributed by atoms with Crippen molar-refractivity contribution in [2.75, 3.05) is 0 Å². The predicted molar refractivity (Wildman–Crippen MR) is 115 cm³/mol. The maximum atomic E-state index is 12.9. The van der Waals surface area contributed by atoms with Gasteiger partial charge in [0.15, 0.2) is 0 Å². The zero-order valence-electron chi connectivity index (χ0n) is 16.6. The Kier molecular flexibility index (Phi) is 5.83. The highest BCUT2D eigenvalue weighted by Crippen LogP contribution is 2.52. The number of nitrogens with two attached hydrogens (primary N) is 1. The van der Waals surface area contributed by atoms with Gasteiger partial charge in [-0.2, -0.15) is 0 Å². The third kappa shape index (κ3) is 4.00. The summed E-state index contributed by atoms with van der Waals surface area (Å²) >= 11 is 1.60. The van der Waals surface area contributed by atoms with E-state index in [9.17, 15) is 9.59 Å². The molecule has 2 unspecified atom stereocenters. The van der Waals surface area contributed by atoms with Crippen LogP contribution in [0.15, 0.2) is 53.9 Å². The summed E-state index contributed by atoms with van der Waals surface area (Å²) in [6.45, 7) is 1.99. The van der Waals surface area contributed by atoms with Crippen LogP contribution >= 0.6 is 11.3 Å². The van der Waals surface area contributed by atoms with Crippen LogP contribution in [0.4, 0.5) is 0 Å². The van der Waals surface area contributed by atoms with Gasteiger partial charge in [0.1, 0.15) is 0 Å². The molecular weight excluding hydrogens is 382 g/mol. The lowest BCUT2D eigenvalue weighted by atomic mass is 9.92. The summed E-state index contributed by atoms with van der Waals surface area (Å²) in [4.78, 5) is 28.5. The molecule has 1 aromatic carbocycles. The molecule has 2 amide bonds. The summed E-state index contributed by atoms with van der Waals surface area (Å²) in [5.74, 6) is -0.166. The molecule has 2 bridgehead atoms. The maximum absolute atomic E-state index is 12.9. The molecule has 1 aromatic heterocycles. The minimum atomic E-state index is -0.587. The summed E-state index contributed by atoms with van der Waals surface area (Å²) in [6, 6.07) is 11.9. The SMILES string of the molecule is CC[C@@H](/C=C/C(=O)N1C2CCC1c1ccccc12)NC(=O)[C@@H](N)Cc1cccs1. The molecule has 0 saturated carbocycles. The first-order chi connectivity index (χ1) is 14.1. The molecule has 2 aromatic rings. The van der Waals surface area contributed by atoms with Gasteiger partial charge in [0.25, 0.3) is 0 Å². The zero-order chi connectivity index (χ0) is 20.4. The number of carbonyl (C=O) groups is 2. The molecule has 29 heavy (non-hydrogen) atoms. The molecule has 4 atom stereocenters. The molecule has 5 nitrogen and oxygen atoms in total. The summed E-state index contributed by atoms with van der Waals surface area (Å²) in [5.41, 5.74) is 8.62. The number of carbonyl (C=O) groups excluding carboxylic acids is 2. The highest BCUT2D eigenvalue weighted by Gasteiger charge is 2.45. The molecule has 3 N–H and O–H groups in total. The van der Waals surface area contributed by atoms with Gasteiger partial charge in [0, 0.05) is 23.4 Å². The first kappa shape index (κ1) is 19.9. The average molecular weight is 410 g/mol. The van der Waals surface area contributed by atoms with Gasteiger partial charge in [0.2, 0.25) is 11.8 Å². The number of nitrogens with one attached hydrogen (secondary N) is 1. The summed E-state index contributed by atoms with van der Waals surface area (Å²) in [5, 5.41) is 4.94. The van der Waals surface area contributed by atoms with Crippen molar-refractivity contribution in [1.82, 2.24) is 10.2 Å². The summed E-state index contributed by atoms with van der Waals surface area (Å²) < 4.78 is 0. The minimum Gasteiger partial charge on any atom is -0.349 e. The topological polar surface area (TPSA) is 75.4 Å². The van der Waals surface area contributed by atoms with Crippen molar-refractivity contribution >= 4 is 23.2 Å². The van der Waals surface area contributed by atoms with Crippen molar-refractivity contribution in [3.63, 3.8) is 0 Å². The molecule has 0 radical (unpaired) electrons. The largest absolute Gasteiger partial charge is 0.349 e. The minimum absolute atomic E-state index is 0.0179. The Morgan fingerprint density at radius 2 is 1.90 bits per heavy atom. The Hall–Kier alpha value is -2.44. The molecular formula is C23H27N3O2S. The fraction of sp³-hybridized carbons (Fsp3) is 0.391. The van der Waals surface area contributed by atoms with Crippen LogP contribution in [-0.4, -0.2) is 28.8 Å². The van der Waals surface area contributed by atoms with Gasteiger partial charge in [-0.15, -0.1) is 11.3 Å². The molecule has 6 heteroatoms. The van der Waals surface area contributed by atoms with Gasteiger partial charge in [0.05, 0.1) is 18.1 Å². The number of thiophene rings is 1. The van der Waals surface area contributed by atoms with E-state index in [0.29, 0.717) is 12.8 Å². The van der Waals surface area contributed by atoms with Crippen molar-refractivity contribution in [2.24, 2.45) is 5.73 Å². The first-order valence-electron chi connectivity index (χ1n) is 10.3. The first-order valence-corrected chi connectivity index (χ1v) is 11.1. The van der Waals surface area contributed by atoms with Gasteiger partial charge in [-0.1, -0.05) is 43.3 Å². The van der Waals surface area contributed by atoms with E-state index in [1.807, 2.05) is 41.5 Å². The molecule has 0 aliphatic carbocycles. The average Bonchev–Trinajstić information content (AvgIpc) is 3.46. The van der Waals surface area contributed by atoms with Gasteiger partial charge >= 0.3 is 0 Å². The molecule has 2 aliphatic rings. The van der Waals surface area contributed by atoms with Crippen LogP contribution in [0.2, 0.25) is 0 Å². The van der Waals surface area contributed by atoms with E-state index < -0.39 is 6.04 Å². The normalized spacial score (nSPS) is 21.9. The molecule has 1 saturated heterocycles. The van der Waals surface area contributed by atoms with Gasteiger partial charge in [-0.25, -0.2) is 0 Å². The number of benzene rings is 1. The standard InChI is InChI=1S/C23H27N3O2S/c1-2-15(25-23(28)19(24)14-16-6-5-13-29-16)9-12-22(27)26-20-10-11-21(26)18-8-4-3-7-17(18)20/h3-9,12-13,15,19-21H,2,10-11,14,24H2,1H3,(H,25,28)/b12-9+/t15-,19-,20?,21?/m0/s1. The highest BCUT2D eigenvalue weighted by atomic mass is 32.1. The number of hydrogen-bond acceptors (Lipinski definition) is 4. The molecule has 4 rings (SSSR count). The lowest BCUT2D eigenvalue weighted by Gasteiger charge is -2.21. The van der Waals surface area contributed by atoms with E-state index in [1.54, 1.807) is 23.5 Å². The lowest BCUT2D eigenvalue weighted by Crippen LogP contribution is -2.45. The van der Waals surface area contributed by atoms with E-state index in [1.165, 1.54) is 11.1 Å². The molecule has 0 spiro atoms. The third-order valence-corrected chi connectivity index (χ3v) is 6.83. The number of amides is 2. The van der Waals surface area contributed by atoms with E-state index in [4.69, 9.17) is 5.73 Å². The van der Waals surface area contributed by atoms with Crippen molar-refractivity contribution < 1.29 is 9.59 Å². The Bertz CT molecular complexity index is 878. The fourth-order valence-corrected chi connectivity index (χ4v) is 5.21.